The smallest absolute Gasteiger partial charge is 0.329 e. The van der Waals surface area contributed by atoms with Crippen LogP contribution in [0.25, 0.3) is 0 Å². The molecule has 0 aliphatic heterocycles. The van der Waals surface area contributed by atoms with Crippen molar-refractivity contribution >= 4 is 7.60 Å². The number of methoxy groups -OCH3 is 1. The largest absolute Gasteiger partial charge is 0.465 e. The lowest BCUT2D eigenvalue weighted by molar-refractivity contribution is -0.0382. The first-order chi connectivity index (χ1) is 11.6. The van der Waals surface area contributed by atoms with Crippen molar-refractivity contribution in [1.29, 1.82) is 0 Å². The van der Waals surface area contributed by atoms with E-state index in [2.05, 4.69) is 13.8 Å². The van der Waals surface area contributed by atoms with Crippen LogP contribution < -0.4 is 4.74 Å². The molecule has 1 atom stereocenters. The predicted octanol–water partition coefficient (Wildman–Crippen LogP) is 4.06. The highest BCUT2D eigenvalue weighted by atomic mass is 31.2. The Labute approximate surface area is 148 Å². The lowest BCUT2D eigenvalue weighted by Crippen LogP contribution is -2.19. The molecule has 2 rings (SSSR count). The third-order valence-electron chi connectivity index (χ3n) is 4.27. The van der Waals surface area contributed by atoms with Crippen LogP contribution in [-0.2, 0) is 20.9 Å². The molecule has 0 radical (unpaired) electrons. The van der Waals surface area contributed by atoms with E-state index in [4.69, 9.17) is 19.3 Å². The van der Waals surface area contributed by atoms with Crippen LogP contribution in [0, 0.1) is 0 Å². The Hall–Kier alpha value is -1.65. The number of ether oxygens (including phenoxy) is 2. The molecule has 1 unspecified atom stereocenters. The fraction of sp³-hybridized carbons (Fsp3) is 0.368. The molecule has 25 heavy (non-hydrogen) atoms. The van der Waals surface area contributed by atoms with E-state index in [0.717, 1.165) is 16.9 Å². The molecule has 0 amide bonds. The van der Waals surface area contributed by atoms with Crippen LogP contribution in [0.3, 0.4) is 0 Å². The average Bonchev–Trinajstić information content (AvgIpc) is 2.54. The van der Waals surface area contributed by atoms with Crippen LogP contribution in [0.5, 0.6) is 5.75 Å². The minimum Gasteiger partial charge on any atom is -0.465 e. The van der Waals surface area contributed by atoms with Gasteiger partial charge in [-0.2, -0.15) is 0 Å². The molecule has 0 aliphatic carbocycles. The standard InChI is InChI=1S/C19H25O5P/c1-14(23-4)24-18-11-9-17(10-12-18)19(2,3)16-7-5-15(6-8-16)13-25(20,21)22/h5-12,14H,13H2,1-4H3,(H2,20,21,22). The van der Waals surface area contributed by atoms with Crippen molar-refractivity contribution in [3.8, 4) is 5.75 Å². The Balaban J connectivity index is 2.18. The van der Waals surface area contributed by atoms with E-state index in [1.165, 1.54) is 0 Å². The summed E-state index contributed by atoms with van der Waals surface area (Å²) >= 11 is 0. The van der Waals surface area contributed by atoms with Gasteiger partial charge in [-0.3, -0.25) is 4.57 Å². The predicted molar refractivity (Wildman–Crippen MR) is 97.9 cm³/mol. The molecule has 0 heterocycles. The Morgan fingerprint density at radius 2 is 1.48 bits per heavy atom. The number of rotatable bonds is 7. The van der Waals surface area contributed by atoms with Gasteiger partial charge in [0.15, 0.2) is 6.29 Å². The highest BCUT2D eigenvalue weighted by molar-refractivity contribution is 7.50. The molecule has 0 bridgehead atoms. The zero-order valence-corrected chi connectivity index (χ0v) is 15.9. The quantitative estimate of drug-likeness (QED) is 0.572. The van der Waals surface area contributed by atoms with Crippen LogP contribution in [0.15, 0.2) is 48.5 Å². The van der Waals surface area contributed by atoms with E-state index in [9.17, 15) is 4.57 Å². The van der Waals surface area contributed by atoms with Gasteiger partial charge in [0, 0.05) is 12.5 Å². The van der Waals surface area contributed by atoms with Crippen LogP contribution in [0.2, 0.25) is 0 Å². The molecule has 0 spiro atoms. The molecule has 0 saturated carbocycles. The zero-order valence-electron chi connectivity index (χ0n) is 15.0. The maximum absolute atomic E-state index is 11.1. The first kappa shape index (κ1) is 19.7. The lowest BCUT2D eigenvalue weighted by Gasteiger charge is -2.26. The van der Waals surface area contributed by atoms with E-state index in [0.29, 0.717) is 5.56 Å². The number of benzene rings is 2. The van der Waals surface area contributed by atoms with Gasteiger partial charge < -0.3 is 19.3 Å². The van der Waals surface area contributed by atoms with E-state index >= 15 is 0 Å². The maximum Gasteiger partial charge on any atom is 0.329 e. The third-order valence-corrected chi connectivity index (χ3v) is 5.05. The molecule has 2 N–H and O–H groups in total. The van der Waals surface area contributed by atoms with Gasteiger partial charge in [-0.1, -0.05) is 50.2 Å². The summed E-state index contributed by atoms with van der Waals surface area (Å²) in [6, 6.07) is 15.2. The van der Waals surface area contributed by atoms with E-state index < -0.39 is 7.60 Å². The summed E-state index contributed by atoms with van der Waals surface area (Å²) in [6.07, 6.45) is -0.544. The highest BCUT2D eigenvalue weighted by Crippen LogP contribution is 2.40. The number of hydrogen-bond acceptors (Lipinski definition) is 3. The Morgan fingerprint density at radius 1 is 1.00 bits per heavy atom. The van der Waals surface area contributed by atoms with Crippen LogP contribution >= 0.6 is 7.60 Å². The molecule has 0 saturated heterocycles. The van der Waals surface area contributed by atoms with Crippen molar-refractivity contribution in [1.82, 2.24) is 0 Å². The summed E-state index contributed by atoms with van der Waals surface area (Å²) in [4.78, 5) is 18.1. The Bertz CT molecular complexity index is 731. The summed E-state index contributed by atoms with van der Waals surface area (Å²) in [5, 5.41) is 0. The van der Waals surface area contributed by atoms with Crippen LogP contribution in [-0.4, -0.2) is 23.2 Å². The molecule has 0 aromatic heterocycles. The summed E-state index contributed by atoms with van der Waals surface area (Å²) in [5.74, 6) is 0.742. The summed E-state index contributed by atoms with van der Waals surface area (Å²) < 4.78 is 21.8. The van der Waals surface area contributed by atoms with Gasteiger partial charge in [0.1, 0.15) is 5.75 Å². The van der Waals surface area contributed by atoms with Gasteiger partial charge in [-0.25, -0.2) is 0 Å². The summed E-state index contributed by atoms with van der Waals surface area (Å²) in [5.41, 5.74) is 2.57. The van der Waals surface area contributed by atoms with Crippen molar-refractivity contribution in [2.75, 3.05) is 7.11 Å². The second-order valence-corrected chi connectivity index (χ2v) is 8.24. The SMILES string of the molecule is COC(C)Oc1ccc(C(C)(C)c2ccc(CP(=O)(O)O)cc2)cc1. The van der Waals surface area contributed by atoms with Gasteiger partial charge in [0.05, 0.1) is 6.16 Å². The van der Waals surface area contributed by atoms with Gasteiger partial charge in [-0.15, -0.1) is 0 Å². The van der Waals surface area contributed by atoms with Crippen LogP contribution in [0.4, 0.5) is 0 Å². The highest BCUT2D eigenvalue weighted by Gasteiger charge is 2.23. The first-order valence-corrected chi connectivity index (χ1v) is 9.85. The Kier molecular flexibility index (Phi) is 6.07. The monoisotopic (exact) mass is 364 g/mol. The molecule has 0 fully saturated rings. The second-order valence-electron chi connectivity index (χ2n) is 6.59. The molecular weight excluding hydrogens is 339 g/mol. The normalized spacial score (nSPS) is 13.5. The van der Waals surface area contributed by atoms with E-state index in [1.807, 2.05) is 43.3 Å². The summed E-state index contributed by atoms with van der Waals surface area (Å²) in [7, 11) is -2.45. The molecular formula is C19H25O5P. The van der Waals surface area contributed by atoms with Crippen molar-refractivity contribution in [2.24, 2.45) is 0 Å². The first-order valence-electron chi connectivity index (χ1n) is 8.06. The van der Waals surface area contributed by atoms with Gasteiger partial charge in [-0.05, 0) is 35.7 Å². The second kappa shape index (κ2) is 7.71. The fourth-order valence-corrected chi connectivity index (χ4v) is 3.31. The molecule has 5 nitrogen and oxygen atoms in total. The minimum atomic E-state index is -4.05. The molecule has 2 aromatic carbocycles. The molecule has 6 heteroatoms. The number of hydrogen-bond donors (Lipinski definition) is 2. The molecule has 136 valence electrons. The van der Waals surface area contributed by atoms with Crippen LogP contribution in [0.1, 0.15) is 37.5 Å². The molecule has 2 aromatic rings. The van der Waals surface area contributed by atoms with Crippen molar-refractivity contribution in [2.45, 2.75) is 38.6 Å². The van der Waals surface area contributed by atoms with Gasteiger partial charge in [0.25, 0.3) is 0 Å². The Morgan fingerprint density at radius 3 is 1.92 bits per heavy atom. The zero-order chi connectivity index (χ0) is 18.7. The van der Waals surface area contributed by atoms with Gasteiger partial charge >= 0.3 is 7.60 Å². The van der Waals surface area contributed by atoms with Crippen molar-refractivity contribution in [3.05, 3.63) is 65.2 Å². The summed E-state index contributed by atoms with van der Waals surface area (Å²) in [6.45, 7) is 6.05. The van der Waals surface area contributed by atoms with Crippen molar-refractivity contribution < 1.29 is 23.8 Å². The third kappa shape index (κ3) is 5.41. The van der Waals surface area contributed by atoms with Gasteiger partial charge in [0.2, 0.25) is 0 Å². The maximum atomic E-state index is 11.1. The lowest BCUT2D eigenvalue weighted by atomic mass is 9.78. The fourth-order valence-electron chi connectivity index (χ4n) is 2.62. The molecule has 0 aliphatic rings. The van der Waals surface area contributed by atoms with E-state index in [-0.39, 0.29) is 17.9 Å². The topological polar surface area (TPSA) is 76.0 Å². The van der Waals surface area contributed by atoms with E-state index in [1.54, 1.807) is 19.2 Å². The average molecular weight is 364 g/mol. The minimum absolute atomic E-state index is 0.239. The van der Waals surface area contributed by atoms with Crippen molar-refractivity contribution in [3.63, 3.8) is 0 Å².